The lowest BCUT2D eigenvalue weighted by molar-refractivity contribution is -0.136. The van der Waals surface area contributed by atoms with Crippen LogP contribution in [0.15, 0.2) is 88.1 Å². The predicted molar refractivity (Wildman–Crippen MR) is 139 cm³/mol. The Morgan fingerprint density at radius 1 is 1.00 bits per heavy atom. The highest BCUT2D eigenvalue weighted by Gasteiger charge is 2.23. The highest BCUT2D eigenvalue weighted by molar-refractivity contribution is 5.88. The maximum Gasteiger partial charge on any atom is 0.336 e. The number of hydrogen-bond donors (Lipinski definition) is 1. The van der Waals surface area contributed by atoms with Gasteiger partial charge in [-0.05, 0) is 54.8 Å². The third-order valence-corrected chi connectivity index (χ3v) is 5.96. The molecule has 2 amide bonds. The highest BCUT2D eigenvalue weighted by atomic mass is 16.5. The summed E-state index contributed by atoms with van der Waals surface area (Å²) in [6, 6.07) is 23.5. The van der Waals surface area contributed by atoms with Crippen LogP contribution < -0.4 is 15.7 Å². The molecule has 1 aromatic heterocycles. The largest absolute Gasteiger partial charge is 0.484 e. The molecule has 0 aliphatic rings. The van der Waals surface area contributed by atoms with Gasteiger partial charge in [-0.25, -0.2) is 4.79 Å². The van der Waals surface area contributed by atoms with Gasteiger partial charge in [-0.3, -0.25) is 9.59 Å². The van der Waals surface area contributed by atoms with Crippen molar-refractivity contribution in [1.82, 2.24) is 4.90 Å². The molecule has 0 fully saturated rings. The van der Waals surface area contributed by atoms with E-state index >= 15 is 0 Å². The molecule has 0 saturated heterocycles. The Morgan fingerprint density at radius 3 is 2.53 bits per heavy atom. The van der Waals surface area contributed by atoms with E-state index < -0.39 is 5.63 Å². The van der Waals surface area contributed by atoms with Crippen LogP contribution in [0.2, 0.25) is 0 Å². The van der Waals surface area contributed by atoms with Gasteiger partial charge in [0.2, 0.25) is 5.91 Å². The molecule has 4 aromatic rings. The van der Waals surface area contributed by atoms with Gasteiger partial charge in [0.05, 0.1) is 6.04 Å². The normalized spacial score (nSPS) is 11.6. The van der Waals surface area contributed by atoms with Gasteiger partial charge in [0, 0.05) is 36.7 Å². The quantitative estimate of drug-likeness (QED) is 0.346. The molecule has 0 aliphatic heterocycles. The van der Waals surface area contributed by atoms with Gasteiger partial charge in [-0.2, -0.15) is 0 Å². The van der Waals surface area contributed by atoms with Crippen LogP contribution in [0.3, 0.4) is 0 Å². The molecule has 0 aliphatic carbocycles. The Hall–Kier alpha value is -4.39. The maximum atomic E-state index is 13.4. The van der Waals surface area contributed by atoms with Crippen molar-refractivity contribution in [3.05, 3.63) is 106 Å². The first-order chi connectivity index (χ1) is 17.3. The SMILES string of the molecule is CC(=O)Nc1cccc(C(C)N(Cc2ccccc2)C(=O)COc2ccc3c(C)cc(=O)oc3c2)c1. The number of nitrogens with one attached hydrogen (secondary N) is 1. The van der Waals surface area contributed by atoms with Gasteiger partial charge in [-0.15, -0.1) is 0 Å². The molecule has 1 atom stereocenters. The van der Waals surface area contributed by atoms with Crippen LogP contribution in [0, 0.1) is 6.92 Å². The molecule has 1 unspecified atom stereocenters. The van der Waals surface area contributed by atoms with Crippen molar-refractivity contribution in [3.63, 3.8) is 0 Å². The third kappa shape index (κ3) is 5.99. The van der Waals surface area contributed by atoms with Crippen LogP contribution in [-0.2, 0) is 16.1 Å². The van der Waals surface area contributed by atoms with Crippen molar-refractivity contribution in [2.45, 2.75) is 33.4 Å². The number of rotatable bonds is 8. The van der Waals surface area contributed by atoms with Crippen molar-refractivity contribution in [1.29, 1.82) is 0 Å². The highest BCUT2D eigenvalue weighted by Crippen LogP contribution is 2.26. The zero-order valence-corrected chi connectivity index (χ0v) is 20.5. The minimum atomic E-state index is -0.433. The van der Waals surface area contributed by atoms with Crippen LogP contribution in [-0.4, -0.2) is 23.3 Å². The Morgan fingerprint density at radius 2 is 1.78 bits per heavy atom. The van der Waals surface area contributed by atoms with Crippen molar-refractivity contribution < 1.29 is 18.7 Å². The average Bonchev–Trinajstić information content (AvgIpc) is 2.85. The lowest BCUT2D eigenvalue weighted by atomic mass is 10.0. The fraction of sp³-hybridized carbons (Fsp3) is 0.207. The molecule has 0 bridgehead atoms. The van der Waals surface area contributed by atoms with E-state index in [0.29, 0.717) is 23.6 Å². The van der Waals surface area contributed by atoms with Gasteiger partial charge in [0.1, 0.15) is 11.3 Å². The number of carbonyl (C=O) groups is 2. The van der Waals surface area contributed by atoms with E-state index in [-0.39, 0.29) is 24.5 Å². The molecule has 36 heavy (non-hydrogen) atoms. The summed E-state index contributed by atoms with van der Waals surface area (Å²) in [5.41, 5.74) is 3.33. The summed E-state index contributed by atoms with van der Waals surface area (Å²) < 4.78 is 11.1. The second kappa shape index (κ2) is 10.9. The summed E-state index contributed by atoms with van der Waals surface area (Å²) >= 11 is 0. The fourth-order valence-electron chi connectivity index (χ4n) is 4.10. The van der Waals surface area contributed by atoms with Crippen LogP contribution >= 0.6 is 0 Å². The minimum absolute atomic E-state index is 0.160. The number of amides is 2. The van der Waals surface area contributed by atoms with Gasteiger partial charge in [0.25, 0.3) is 5.91 Å². The number of hydrogen-bond acceptors (Lipinski definition) is 5. The predicted octanol–water partition coefficient (Wildman–Crippen LogP) is 5.23. The molecular formula is C29H28N2O5. The number of carbonyl (C=O) groups excluding carboxylic acids is 2. The van der Waals surface area contributed by atoms with E-state index in [9.17, 15) is 14.4 Å². The molecule has 184 valence electrons. The smallest absolute Gasteiger partial charge is 0.336 e. The number of fused-ring (bicyclic) bond motifs is 1. The Bertz CT molecular complexity index is 1450. The molecule has 7 heteroatoms. The van der Waals surface area contributed by atoms with Crippen LogP contribution in [0.5, 0.6) is 5.75 Å². The fourth-order valence-corrected chi connectivity index (χ4v) is 4.10. The average molecular weight is 485 g/mol. The van der Waals surface area contributed by atoms with E-state index in [2.05, 4.69) is 5.32 Å². The monoisotopic (exact) mass is 484 g/mol. The zero-order valence-electron chi connectivity index (χ0n) is 20.5. The Balaban J connectivity index is 1.56. The number of anilines is 1. The molecule has 0 saturated carbocycles. The van der Waals surface area contributed by atoms with Crippen molar-refractivity contribution in [2.24, 2.45) is 0 Å². The maximum absolute atomic E-state index is 13.4. The summed E-state index contributed by atoms with van der Waals surface area (Å²) in [7, 11) is 0. The first kappa shape index (κ1) is 24.7. The number of benzene rings is 3. The Labute approximate surface area is 209 Å². The molecule has 1 N–H and O–H groups in total. The molecule has 1 heterocycles. The second-order valence-electron chi connectivity index (χ2n) is 8.68. The summed E-state index contributed by atoms with van der Waals surface area (Å²) in [6.07, 6.45) is 0. The number of nitrogens with zero attached hydrogens (tertiary/aromatic N) is 1. The van der Waals surface area contributed by atoms with E-state index in [1.807, 2.05) is 74.5 Å². The van der Waals surface area contributed by atoms with Crippen molar-refractivity contribution >= 4 is 28.5 Å². The summed E-state index contributed by atoms with van der Waals surface area (Å²) in [6.45, 7) is 5.44. The number of aryl methyl sites for hydroxylation is 1. The lowest BCUT2D eigenvalue weighted by Crippen LogP contribution is -2.36. The standard InChI is InChI=1S/C29H28N2O5/c1-19-14-29(34)36-27-16-25(12-13-26(19)27)35-18-28(33)31(17-22-8-5-4-6-9-22)20(2)23-10-7-11-24(15-23)30-21(3)32/h4-16,20H,17-18H2,1-3H3,(H,30,32). The van der Waals surface area contributed by atoms with Crippen LogP contribution in [0.25, 0.3) is 11.0 Å². The van der Waals surface area contributed by atoms with E-state index in [0.717, 1.165) is 22.1 Å². The number of ether oxygens (including phenoxy) is 1. The summed E-state index contributed by atoms with van der Waals surface area (Å²) in [5, 5.41) is 3.60. The molecule has 0 radical (unpaired) electrons. The topological polar surface area (TPSA) is 88.9 Å². The summed E-state index contributed by atoms with van der Waals surface area (Å²) in [5.74, 6) is 0.0680. The van der Waals surface area contributed by atoms with Gasteiger partial charge < -0.3 is 19.4 Å². The van der Waals surface area contributed by atoms with Gasteiger partial charge in [-0.1, -0.05) is 42.5 Å². The summed E-state index contributed by atoms with van der Waals surface area (Å²) in [4.78, 5) is 38.4. The molecule has 4 rings (SSSR count). The molecule has 3 aromatic carbocycles. The molecule has 7 nitrogen and oxygen atoms in total. The molecule has 0 spiro atoms. The Kier molecular flexibility index (Phi) is 7.49. The minimum Gasteiger partial charge on any atom is -0.484 e. The zero-order chi connectivity index (χ0) is 25.7. The first-order valence-electron chi connectivity index (χ1n) is 11.7. The van der Waals surface area contributed by atoms with Gasteiger partial charge >= 0.3 is 5.63 Å². The van der Waals surface area contributed by atoms with E-state index in [1.54, 1.807) is 17.0 Å². The van der Waals surface area contributed by atoms with Crippen LogP contribution in [0.1, 0.15) is 36.6 Å². The lowest BCUT2D eigenvalue weighted by Gasteiger charge is -2.30. The van der Waals surface area contributed by atoms with E-state index in [4.69, 9.17) is 9.15 Å². The van der Waals surface area contributed by atoms with Gasteiger partial charge in [0.15, 0.2) is 6.61 Å². The second-order valence-corrected chi connectivity index (χ2v) is 8.68. The van der Waals surface area contributed by atoms with Crippen molar-refractivity contribution in [2.75, 3.05) is 11.9 Å². The first-order valence-corrected chi connectivity index (χ1v) is 11.7. The van der Waals surface area contributed by atoms with Crippen LogP contribution in [0.4, 0.5) is 5.69 Å². The molecular weight excluding hydrogens is 456 g/mol. The van der Waals surface area contributed by atoms with Crippen molar-refractivity contribution in [3.8, 4) is 5.75 Å². The van der Waals surface area contributed by atoms with E-state index in [1.165, 1.54) is 13.0 Å². The third-order valence-electron chi connectivity index (χ3n) is 5.96.